The number of likely N-dealkylation sites (tertiary alicyclic amines) is 1. The summed E-state index contributed by atoms with van der Waals surface area (Å²) in [5.41, 5.74) is 9.44. The molecule has 3 heterocycles. The quantitative estimate of drug-likeness (QED) is 0.764. The fourth-order valence-electron chi connectivity index (χ4n) is 4.32. The first-order chi connectivity index (χ1) is 12.9. The van der Waals surface area contributed by atoms with E-state index in [1.54, 1.807) is 0 Å². The molecule has 3 rings (SSSR count). The predicted octanol–water partition coefficient (Wildman–Crippen LogP) is 3.46. The van der Waals surface area contributed by atoms with Gasteiger partial charge in [0, 0.05) is 12.4 Å². The number of piperidine rings is 1. The van der Waals surface area contributed by atoms with Gasteiger partial charge in [0.2, 0.25) is 0 Å². The van der Waals surface area contributed by atoms with Crippen LogP contribution in [0.2, 0.25) is 0 Å². The molecule has 0 spiro atoms. The maximum Gasteiger partial charge on any atom is 0.0657 e. The summed E-state index contributed by atoms with van der Waals surface area (Å²) >= 11 is 0. The van der Waals surface area contributed by atoms with Crippen molar-refractivity contribution < 1.29 is 5.11 Å². The summed E-state index contributed by atoms with van der Waals surface area (Å²) in [7, 11) is 0. The fourth-order valence-corrected chi connectivity index (χ4v) is 4.32. The molecule has 1 aliphatic heterocycles. The minimum absolute atomic E-state index is 0.0686. The lowest BCUT2D eigenvalue weighted by atomic mass is 9.79. The number of hydrogen-bond donors (Lipinski definition) is 2. The van der Waals surface area contributed by atoms with E-state index >= 15 is 0 Å². The molecule has 0 aromatic carbocycles. The van der Waals surface area contributed by atoms with Crippen molar-refractivity contribution in [2.75, 3.05) is 13.1 Å². The van der Waals surface area contributed by atoms with Crippen LogP contribution in [0.4, 0.5) is 0 Å². The number of rotatable bonds is 6. The average Bonchev–Trinajstić information content (AvgIpc) is 2.63. The number of aromatic nitrogens is 2. The lowest BCUT2D eigenvalue weighted by Gasteiger charge is -2.48. The van der Waals surface area contributed by atoms with E-state index in [2.05, 4.69) is 30.9 Å². The third-order valence-corrected chi connectivity index (χ3v) is 5.67. The van der Waals surface area contributed by atoms with Crippen molar-refractivity contribution in [3.63, 3.8) is 0 Å². The Balaban J connectivity index is 2.04. The Labute approximate surface area is 162 Å². The predicted molar refractivity (Wildman–Crippen MR) is 108 cm³/mol. The van der Waals surface area contributed by atoms with E-state index in [1.807, 2.05) is 31.5 Å². The summed E-state index contributed by atoms with van der Waals surface area (Å²) in [4.78, 5) is 11.9. The smallest absolute Gasteiger partial charge is 0.0657 e. The Bertz CT molecular complexity index is 704. The number of nitrogens with two attached hydrogens (primary N) is 1. The molecule has 1 fully saturated rings. The Morgan fingerprint density at radius 2 is 1.56 bits per heavy atom. The van der Waals surface area contributed by atoms with Crippen LogP contribution in [0.1, 0.15) is 67.2 Å². The summed E-state index contributed by atoms with van der Waals surface area (Å²) in [6.45, 7) is 7.77. The molecule has 1 saturated heterocycles. The first-order valence-electron chi connectivity index (χ1n) is 9.94. The number of pyridine rings is 2. The van der Waals surface area contributed by atoms with Gasteiger partial charge in [-0.05, 0) is 82.8 Å². The second-order valence-electron chi connectivity index (χ2n) is 8.08. The third-order valence-electron chi connectivity index (χ3n) is 5.67. The van der Waals surface area contributed by atoms with E-state index in [0.29, 0.717) is 19.4 Å². The number of aryl methyl sites for hydroxylation is 2. The zero-order valence-corrected chi connectivity index (χ0v) is 16.7. The highest BCUT2D eigenvalue weighted by Crippen LogP contribution is 2.46. The van der Waals surface area contributed by atoms with Crippen molar-refractivity contribution in [1.82, 2.24) is 14.9 Å². The van der Waals surface area contributed by atoms with Crippen molar-refractivity contribution in [3.8, 4) is 0 Å². The van der Waals surface area contributed by atoms with Gasteiger partial charge < -0.3 is 10.8 Å². The summed E-state index contributed by atoms with van der Waals surface area (Å²) in [5.74, 6) is 0. The number of hydrogen-bond acceptors (Lipinski definition) is 5. The van der Waals surface area contributed by atoms with Gasteiger partial charge in [-0.2, -0.15) is 0 Å². The van der Waals surface area contributed by atoms with Crippen LogP contribution in [0.15, 0.2) is 36.7 Å². The molecule has 2 aromatic heterocycles. The second kappa shape index (κ2) is 8.46. The maximum absolute atomic E-state index is 11.1. The highest BCUT2D eigenvalue weighted by atomic mass is 16.3. The van der Waals surface area contributed by atoms with Gasteiger partial charge in [0.05, 0.1) is 29.1 Å². The number of nitrogens with zero attached hydrogens (tertiary/aromatic N) is 3. The molecule has 2 aromatic rings. The largest absolute Gasteiger partial charge is 0.390 e. The van der Waals surface area contributed by atoms with E-state index in [9.17, 15) is 5.11 Å². The van der Waals surface area contributed by atoms with Crippen molar-refractivity contribution in [2.45, 2.75) is 64.1 Å². The molecule has 0 aliphatic carbocycles. The first kappa shape index (κ1) is 19.9. The molecule has 1 unspecified atom stereocenters. The minimum atomic E-state index is -0.756. The molecule has 0 amide bonds. The Hall–Kier alpha value is -1.82. The van der Waals surface area contributed by atoms with Crippen LogP contribution < -0.4 is 5.73 Å². The van der Waals surface area contributed by atoms with Gasteiger partial charge in [0.1, 0.15) is 0 Å². The summed E-state index contributed by atoms with van der Waals surface area (Å²) in [6.07, 6.45) is 7.08. The Morgan fingerprint density at radius 1 is 1.04 bits per heavy atom. The number of aliphatic hydroxyl groups is 1. The normalized spacial score (nSPS) is 26.3. The molecule has 0 saturated carbocycles. The lowest BCUT2D eigenvalue weighted by molar-refractivity contribution is -0.0686. The highest BCUT2D eigenvalue weighted by molar-refractivity contribution is 5.27. The van der Waals surface area contributed by atoms with Crippen LogP contribution in [0.3, 0.4) is 0 Å². The highest BCUT2D eigenvalue weighted by Gasteiger charge is 2.43. The van der Waals surface area contributed by atoms with Crippen molar-refractivity contribution in [2.24, 2.45) is 5.73 Å². The zero-order chi connectivity index (χ0) is 19.4. The second-order valence-corrected chi connectivity index (χ2v) is 8.08. The molecular weight excluding hydrogens is 336 g/mol. The van der Waals surface area contributed by atoms with E-state index in [1.165, 1.54) is 11.1 Å². The first-order valence-corrected chi connectivity index (χ1v) is 9.94. The topological polar surface area (TPSA) is 75.3 Å². The summed E-state index contributed by atoms with van der Waals surface area (Å²) in [6, 6.07) is 8.28. The van der Waals surface area contributed by atoms with Crippen molar-refractivity contribution in [3.05, 3.63) is 59.2 Å². The molecule has 0 bridgehead atoms. The van der Waals surface area contributed by atoms with Gasteiger partial charge in [-0.25, -0.2) is 0 Å². The number of unbranched alkanes of at least 4 members (excludes halogenated alkanes) is 1. The van der Waals surface area contributed by atoms with Gasteiger partial charge in [-0.15, -0.1) is 0 Å². The van der Waals surface area contributed by atoms with E-state index in [4.69, 9.17) is 15.7 Å². The maximum atomic E-state index is 11.1. The van der Waals surface area contributed by atoms with E-state index < -0.39 is 5.60 Å². The summed E-state index contributed by atoms with van der Waals surface area (Å²) < 4.78 is 0. The minimum Gasteiger partial charge on any atom is -0.390 e. The van der Waals surface area contributed by atoms with Crippen LogP contribution in [0.5, 0.6) is 0 Å². The van der Waals surface area contributed by atoms with Gasteiger partial charge in [-0.1, -0.05) is 12.1 Å². The van der Waals surface area contributed by atoms with Gasteiger partial charge in [0.15, 0.2) is 0 Å². The van der Waals surface area contributed by atoms with E-state index in [0.717, 1.165) is 30.8 Å². The van der Waals surface area contributed by atoms with Gasteiger partial charge in [0.25, 0.3) is 0 Å². The monoisotopic (exact) mass is 368 g/mol. The SMILES string of the molecule is Cc1cccnc1[C@H]1CC(C)(O)C[C@@H](c2ncccc2C)N1CCCCN. The van der Waals surface area contributed by atoms with Crippen LogP contribution in [-0.2, 0) is 0 Å². The Kier molecular flexibility index (Phi) is 6.25. The van der Waals surface area contributed by atoms with Gasteiger partial charge >= 0.3 is 0 Å². The van der Waals surface area contributed by atoms with Crippen molar-refractivity contribution >= 4 is 0 Å². The molecule has 5 nitrogen and oxygen atoms in total. The van der Waals surface area contributed by atoms with Crippen LogP contribution >= 0.6 is 0 Å². The molecule has 5 heteroatoms. The Morgan fingerprint density at radius 3 is 2.00 bits per heavy atom. The molecule has 3 atom stereocenters. The van der Waals surface area contributed by atoms with Crippen molar-refractivity contribution in [1.29, 1.82) is 0 Å². The molecule has 3 N–H and O–H groups in total. The molecule has 0 radical (unpaired) electrons. The fraction of sp³-hybridized carbons (Fsp3) is 0.545. The van der Waals surface area contributed by atoms with Gasteiger partial charge in [-0.3, -0.25) is 14.9 Å². The van der Waals surface area contributed by atoms with Crippen LogP contribution in [0, 0.1) is 13.8 Å². The molecule has 146 valence electrons. The summed E-state index contributed by atoms with van der Waals surface area (Å²) in [5, 5.41) is 11.1. The average molecular weight is 369 g/mol. The standard InChI is InChI=1S/C22H32N4O/c1-16-8-6-11-24-20(16)18-14-22(3,27)15-19(26(18)13-5-4-10-23)21-17(2)9-7-12-25-21/h6-9,11-12,18-19,27H,4-5,10,13-15,23H2,1-3H3/t18-,19+,22?. The molecule has 27 heavy (non-hydrogen) atoms. The van der Waals surface area contributed by atoms with Crippen LogP contribution in [0.25, 0.3) is 0 Å². The lowest BCUT2D eigenvalue weighted by Crippen LogP contribution is -2.47. The molecular formula is C22H32N4O. The molecule has 1 aliphatic rings. The third kappa shape index (κ3) is 4.54. The van der Waals surface area contributed by atoms with Crippen LogP contribution in [-0.4, -0.2) is 38.7 Å². The zero-order valence-electron chi connectivity index (χ0n) is 16.7. The van der Waals surface area contributed by atoms with E-state index in [-0.39, 0.29) is 12.1 Å².